The van der Waals surface area contributed by atoms with Crippen molar-refractivity contribution in [1.82, 2.24) is 14.6 Å². The molecule has 0 bridgehead atoms. The number of fused-ring (bicyclic) bond motifs is 1. The number of aromatic nitrogens is 2. The van der Waals surface area contributed by atoms with Crippen molar-refractivity contribution >= 4 is 72.7 Å². The number of hydrazine groups is 1. The van der Waals surface area contributed by atoms with Crippen LogP contribution < -0.4 is 5.43 Å². The van der Waals surface area contributed by atoms with Crippen LogP contribution in [0.3, 0.4) is 0 Å². The summed E-state index contributed by atoms with van der Waals surface area (Å²) >= 11 is 8.04. The standard InChI is InChI=1S/C21H13N5O3S3/c27-19-18(12-15-4-3-11-24(15)13-7-9-14(10-8-13)26(28)29)32-21(30)25(19)23-20-22-16-5-1-2-6-17(16)31-20/h1-12H,(H,22,23). The summed E-state index contributed by atoms with van der Waals surface area (Å²) in [6.07, 6.45) is 3.58. The number of carbonyl (C=O) groups is 1. The summed E-state index contributed by atoms with van der Waals surface area (Å²) < 4.78 is 3.24. The zero-order chi connectivity index (χ0) is 22.2. The SMILES string of the molecule is O=C1C(=Cc2cccn2-c2ccc([N+](=O)[O-])cc2)SC(=S)N1Nc1nc2ccccc2s1. The maximum Gasteiger partial charge on any atom is 0.285 e. The minimum atomic E-state index is -0.440. The van der Waals surface area contributed by atoms with E-state index in [9.17, 15) is 14.9 Å². The maximum atomic E-state index is 13.0. The van der Waals surface area contributed by atoms with Gasteiger partial charge in [0.1, 0.15) is 0 Å². The Morgan fingerprint density at radius 2 is 1.88 bits per heavy atom. The second kappa shape index (κ2) is 8.19. The van der Waals surface area contributed by atoms with E-state index in [0.29, 0.717) is 14.4 Å². The molecule has 0 spiro atoms. The smallest absolute Gasteiger partial charge is 0.285 e. The molecule has 0 aliphatic carbocycles. The Balaban J connectivity index is 1.40. The number of thiocarbonyl (C=S) groups is 1. The Hall–Kier alpha value is -3.54. The van der Waals surface area contributed by atoms with Gasteiger partial charge in [-0.2, -0.15) is 5.01 Å². The second-order valence-electron chi connectivity index (χ2n) is 6.69. The summed E-state index contributed by atoms with van der Waals surface area (Å²) in [6.45, 7) is 0. The molecule has 1 aliphatic heterocycles. The molecule has 2 aromatic carbocycles. The molecule has 0 saturated carbocycles. The Kier molecular flexibility index (Phi) is 5.21. The van der Waals surface area contributed by atoms with E-state index in [0.717, 1.165) is 21.6 Å². The number of nitrogens with one attached hydrogen (secondary N) is 1. The molecule has 32 heavy (non-hydrogen) atoms. The Bertz CT molecular complexity index is 1370. The largest absolute Gasteiger partial charge is 0.317 e. The van der Waals surface area contributed by atoms with Crippen molar-refractivity contribution in [2.45, 2.75) is 0 Å². The second-order valence-corrected chi connectivity index (χ2v) is 9.40. The monoisotopic (exact) mass is 479 g/mol. The van der Waals surface area contributed by atoms with E-state index >= 15 is 0 Å². The summed E-state index contributed by atoms with van der Waals surface area (Å²) in [5.74, 6) is -0.268. The number of thiazole rings is 1. The van der Waals surface area contributed by atoms with Gasteiger partial charge in [0.15, 0.2) is 4.32 Å². The highest BCUT2D eigenvalue weighted by Gasteiger charge is 2.33. The number of amides is 1. The van der Waals surface area contributed by atoms with Crippen LogP contribution in [0.4, 0.5) is 10.8 Å². The molecule has 2 aromatic heterocycles. The molecule has 8 nitrogen and oxygen atoms in total. The minimum absolute atomic E-state index is 0.0178. The zero-order valence-corrected chi connectivity index (χ0v) is 18.6. The quantitative estimate of drug-likeness (QED) is 0.181. The highest BCUT2D eigenvalue weighted by Crippen LogP contribution is 2.34. The highest BCUT2D eigenvalue weighted by molar-refractivity contribution is 8.26. The van der Waals surface area contributed by atoms with Crippen molar-refractivity contribution in [2.75, 3.05) is 5.43 Å². The Morgan fingerprint density at radius 1 is 1.09 bits per heavy atom. The van der Waals surface area contributed by atoms with E-state index < -0.39 is 4.92 Å². The maximum absolute atomic E-state index is 13.0. The van der Waals surface area contributed by atoms with E-state index in [1.54, 1.807) is 18.2 Å². The van der Waals surface area contributed by atoms with Crippen molar-refractivity contribution < 1.29 is 9.72 Å². The lowest BCUT2D eigenvalue weighted by molar-refractivity contribution is -0.384. The molecule has 1 fully saturated rings. The highest BCUT2D eigenvalue weighted by atomic mass is 32.2. The number of para-hydroxylation sites is 1. The van der Waals surface area contributed by atoms with E-state index in [1.807, 2.05) is 47.2 Å². The van der Waals surface area contributed by atoms with Gasteiger partial charge in [0.05, 0.1) is 20.0 Å². The molecule has 1 N–H and O–H groups in total. The molecule has 1 saturated heterocycles. The summed E-state index contributed by atoms with van der Waals surface area (Å²) in [5, 5.41) is 12.8. The molecule has 0 radical (unpaired) electrons. The number of thioether (sulfide) groups is 1. The summed E-state index contributed by atoms with van der Waals surface area (Å²) in [5.41, 5.74) is 5.38. The predicted octanol–water partition coefficient (Wildman–Crippen LogP) is 5.22. The first-order chi connectivity index (χ1) is 15.5. The number of nitro groups is 1. The third-order valence-corrected chi connectivity index (χ3v) is 6.94. The minimum Gasteiger partial charge on any atom is -0.317 e. The van der Waals surface area contributed by atoms with Gasteiger partial charge < -0.3 is 4.57 Å². The number of non-ortho nitro benzene ring substituents is 1. The van der Waals surface area contributed by atoms with Crippen molar-refractivity contribution in [1.29, 1.82) is 0 Å². The van der Waals surface area contributed by atoms with Gasteiger partial charge in [-0.05, 0) is 54.7 Å². The molecule has 5 rings (SSSR count). The Morgan fingerprint density at radius 3 is 2.62 bits per heavy atom. The molecular weight excluding hydrogens is 466 g/mol. The van der Waals surface area contributed by atoms with Gasteiger partial charge in [0.25, 0.3) is 11.6 Å². The molecule has 1 aliphatic rings. The fourth-order valence-corrected chi connectivity index (χ4v) is 5.21. The van der Waals surface area contributed by atoms with Crippen LogP contribution in [0.1, 0.15) is 5.69 Å². The number of benzene rings is 2. The van der Waals surface area contributed by atoms with Crippen LogP contribution in [-0.2, 0) is 4.79 Å². The van der Waals surface area contributed by atoms with E-state index in [4.69, 9.17) is 12.2 Å². The van der Waals surface area contributed by atoms with Gasteiger partial charge in [-0.15, -0.1) is 0 Å². The fourth-order valence-electron chi connectivity index (χ4n) is 3.20. The third kappa shape index (κ3) is 3.77. The molecular formula is C21H13N5O3S3. The van der Waals surface area contributed by atoms with Gasteiger partial charge >= 0.3 is 0 Å². The molecule has 11 heteroatoms. The lowest BCUT2D eigenvalue weighted by Gasteiger charge is -2.14. The topological polar surface area (TPSA) is 93.3 Å². The van der Waals surface area contributed by atoms with E-state index in [1.165, 1.54) is 40.2 Å². The molecule has 1 amide bonds. The summed E-state index contributed by atoms with van der Waals surface area (Å²) in [6, 6.07) is 17.6. The van der Waals surface area contributed by atoms with Crippen molar-refractivity contribution in [3.05, 3.63) is 87.6 Å². The number of anilines is 1. The number of carbonyl (C=O) groups excluding carboxylic acids is 1. The Labute approximate surface area is 195 Å². The predicted molar refractivity (Wildman–Crippen MR) is 131 cm³/mol. The molecule has 3 heterocycles. The van der Waals surface area contributed by atoms with Gasteiger partial charge in [0.2, 0.25) is 5.13 Å². The first-order valence-electron chi connectivity index (χ1n) is 9.32. The lowest BCUT2D eigenvalue weighted by Crippen LogP contribution is -2.33. The number of rotatable bonds is 5. The first-order valence-corrected chi connectivity index (χ1v) is 11.4. The molecule has 4 aromatic rings. The average molecular weight is 480 g/mol. The molecule has 158 valence electrons. The summed E-state index contributed by atoms with van der Waals surface area (Å²) in [4.78, 5) is 28.4. The lowest BCUT2D eigenvalue weighted by atomic mass is 10.2. The van der Waals surface area contributed by atoms with Crippen LogP contribution in [0.2, 0.25) is 0 Å². The van der Waals surface area contributed by atoms with Gasteiger partial charge in [-0.1, -0.05) is 35.2 Å². The van der Waals surface area contributed by atoms with Crippen LogP contribution in [-0.4, -0.2) is 29.7 Å². The third-order valence-electron chi connectivity index (χ3n) is 4.69. The van der Waals surface area contributed by atoms with E-state index in [-0.39, 0.29) is 11.6 Å². The van der Waals surface area contributed by atoms with Crippen LogP contribution in [0, 0.1) is 10.1 Å². The van der Waals surface area contributed by atoms with E-state index in [2.05, 4.69) is 10.4 Å². The van der Waals surface area contributed by atoms with Crippen molar-refractivity contribution in [3.63, 3.8) is 0 Å². The van der Waals surface area contributed by atoms with Crippen molar-refractivity contribution in [3.8, 4) is 5.69 Å². The van der Waals surface area contributed by atoms with Crippen LogP contribution in [0.15, 0.2) is 71.8 Å². The normalized spacial score (nSPS) is 15.1. The van der Waals surface area contributed by atoms with Crippen LogP contribution in [0.5, 0.6) is 0 Å². The zero-order valence-electron chi connectivity index (χ0n) is 16.2. The number of nitro benzene ring substituents is 1. The average Bonchev–Trinajstić information content (AvgIpc) is 3.48. The van der Waals surface area contributed by atoms with Crippen LogP contribution in [0.25, 0.3) is 22.0 Å². The fraction of sp³-hybridized carbons (Fsp3) is 0. The van der Waals surface area contributed by atoms with Crippen LogP contribution >= 0.6 is 35.3 Å². The van der Waals surface area contributed by atoms with Gasteiger partial charge in [0, 0.05) is 29.7 Å². The van der Waals surface area contributed by atoms with Crippen molar-refractivity contribution in [2.24, 2.45) is 0 Å². The van der Waals surface area contributed by atoms with Gasteiger partial charge in [-0.25, -0.2) is 4.98 Å². The number of nitrogens with zero attached hydrogens (tertiary/aromatic N) is 4. The summed E-state index contributed by atoms with van der Waals surface area (Å²) in [7, 11) is 0. The molecule has 0 atom stereocenters. The number of hydrogen-bond donors (Lipinski definition) is 1. The van der Waals surface area contributed by atoms with Gasteiger partial charge in [-0.3, -0.25) is 20.3 Å². The first kappa shape index (κ1) is 20.4. The number of hydrogen-bond acceptors (Lipinski definition) is 8. The molecule has 0 unspecified atom stereocenters.